The van der Waals surface area contributed by atoms with Crippen molar-refractivity contribution >= 4 is 5.91 Å². The number of hydrogen-bond donors (Lipinski definition) is 6. The van der Waals surface area contributed by atoms with Gasteiger partial charge >= 0.3 is 0 Å². The van der Waals surface area contributed by atoms with Crippen LogP contribution < -0.4 is 5.32 Å². The van der Waals surface area contributed by atoms with E-state index in [0.29, 0.717) is 6.42 Å². The van der Waals surface area contributed by atoms with Crippen LogP contribution in [0.1, 0.15) is 316 Å². The van der Waals surface area contributed by atoms with Gasteiger partial charge in [0.25, 0.3) is 0 Å². The minimum atomic E-state index is -1.56. The van der Waals surface area contributed by atoms with E-state index in [1.165, 1.54) is 257 Å². The summed E-state index contributed by atoms with van der Waals surface area (Å²) >= 11 is 0. The second-order valence-corrected chi connectivity index (χ2v) is 21.9. The van der Waals surface area contributed by atoms with Gasteiger partial charge in [-0.25, -0.2) is 0 Å². The summed E-state index contributed by atoms with van der Waals surface area (Å²) in [5.41, 5.74) is 0. The van der Waals surface area contributed by atoms with E-state index in [2.05, 4.69) is 19.2 Å². The fourth-order valence-corrected chi connectivity index (χ4v) is 10.2. The number of hydrogen-bond acceptors (Lipinski definition) is 8. The second-order valence-electron chi connectivity index (χ2n) is 21.9. The average molecular weight is 995 g/mol. The van der Waals surface area contributed by atoms with Gasteiger partial charge < -0.3 is 40.3 Å². The summed E-state index contributed by atoms with van der Waals surface area (Å²) in [4.78, 5) is 13.0. The van der Waals surface area contributed by atoms with Crippen LogP contribution in [0.5, 0.6) is 0 Å². The smallest absolute Gasteiger partial charge is 0.220 e. The molecule has 0 aromatic rings. The van der Waals surface area contributed by atoms with Crippen LogP contribution in [0.4, 0.5) is 0 Å². The zero-order chi connectivity index (χ0) is 50.8. The third-order valence-corrected chi connectivity index (χ3v) is 15.1. The lowest BCUT2D eigenvalue weighted by Crippen LogP contribution is -2.60. The molecule has 7 atom stereocenters. The van der Waals surface area contributed by atoms with Gasteiger partial charge in [0.2, 0.25) is 5.91 Å². The van der Waals surface area contributed by atoms with Gasteiger partial charge in [-0.2, -0.15) is 0 Å². The fourth-order valence-electron chi connectivity index (χ4n) is 10.2. The van der Waals surface area contributed by atoms with Gasteiger partial charge in [0.15, 0.2) is 6.29 Å². The number of unbranched alkanes of at least 4 members (excludes halogenated alkanes) is 44. The number of rotatable bonds is 54. The first kappa shape index (κ1) is 66.9. The molecule has 1 aliphatic rings. The summed E-state index contributed by atoms with van der Waals surface area (Å²) in [6.45, 7) is 3.83. The van der Waals surface area contributed by atoms with Gasteiger partial charge in [-0.15, -0.1) is 0 Å². The Kier molecular flexibility index (Phi) is 49.2. The van der Waals surface area contributed by atoms with Crippen molar-refractivity contribution in [1.82, 2.24) is 5.32 Å². The van der Waals surface area contributed by atoms with Crippen molar-refractivity contribution in [3.8, 4) is 0 Å². The van der Waals surface area contributed by atoms with E-state index >= 15 is 0 Å². The lowest BCUT2D eigenvalue weighted by molar-refractivity contribution is -0.302. The molecule has 416 valence electrons. The molecule has 9 nitrogen and oxygen atoms in total. The summed E-state index contributed by atoms with van der Waals surface area (Å²) in [7, 11) is 0. The van der Waals surface area contributed by atoms with E-state index in [0.717, 1.165) is 38.5 Å². The van der Waals surface area contributed by atoms with Crippen molar-refractivity contribution < 1.29 is 39.8 Å². The molecule has 0 spiro atoms. The van der Waals surface area contributed by atoms with Crippen molar-refractivity contribution in [2.75, 3.05) is 13.2 Å². The Morgan fingerprint density at radius 2 is 0.786 bits per heavy atom. The van der Waals surface area contributed by atoms with E-state index in [-0.39, 0.29) is 12.5 Å². The molecule has 1 fully saturated rings. The number of allylic oxidation sites excluding steroid dienone is 1. The summed E-state index contributed by atoms with van der Waals surface area (Å²) in [6.07, 6.45) is 57.2. The molecule has 0 radical (unpaired) electrons. The Labute approximate surface area is 433 Å². The Balaban J connectivity index is 2.15. The maximum Gasteiger partial charge on any atom is 0.220 e. The highest BCUT2D eigenvalue weighted by Gasteiger charge is 2.44. The van der Waals surface area contributed by atoms with E-state index < -0.39 is 49.5 Å². The Morgan fingerprint density at radius 1 is 0.471 bits per heavy atom. The number of nitrogens with one attached hydrogen (secondary N) is 1. The van der Waals surface area contributed by atoms with Crippen molar-refractivity contribution in [2.24, 2.45) is 0 Å². The SMILES string of the molecule is CCCCCCCCCCCCCCCCCCCCCCCCCCCCCC/C=C/C(O)C(COC1OC(CO)C(O)C(O)C1O)NC(=O)CCCCCCCCCCCCCCCCCCC. The highest BCUT2D eigenvalue weighted by Crippen LogP contribution is 2.23. The highest BCUT2D eigenvalue weighted by molar-refractivity contribution is 5.76. The van der Waals surface area contributed by atoms with E-state index in [1.54, 1.807) is 6.08 Å². The van der Waals surface area contributed by atoms with Crippen LogP contribution in [0.25, 0.3) is 0 Å². The van der Waals surface area contributed by atoms with Crippen LogP contribution in [0.2, 0.25) is 0 Å². The molecule has 1 rings (SSSR count). The molecule has 0 aliphatic carbocycles. The number of ether oxygens (including phenoxy) is 2. The molecule has 0 aromatic carbocycles. The van der Waals surface area contributed by atoms with Crippen molar-refractivity contribution in [1.29, 1.82) is 0 Å². The van der Waals surface area contributed by atoms with Crippen molar-refractivity contribution in [3.05, 3.63) is 12.2 Å². The summed E-state index contributed by atoms with van der Waals surface area (Å²) in [6, 6.07) is -0.800. The molecule has 9 heteroatoms. The van der Waals surface area contributed by atoms with Crippen LogP contribution in [0.15, 0.2) is 12.2 Å². The molecule has 0 aromatic heterocycles. The molecule has 70 heavy (non-hydrogen) atoms. The lowest BCUT2D eigenvalue weighted by atomic mass is 9.99. The molecule has 7 unspecified atom stereocenters. The number of amides is 1. The van der Waals surface area contributed by atoms with Gasteiger partial charge in [0.05, 0.1) is 25.4 Å². The summed E-state index contributed by atoms with van der Waals surface area (Å²) in [5, 5.41) is 54.6. The fraction of sp³-hybridized carbons (Fsp3) is 0.951. The first-order valence-corrected chi connectivity index (χ1v) is 30.9. The van der Waals surface area contributed by atoms with Gasteiger partial charge in [0, 0.05) is 6.42 Å². The standard InChI is InChI=1S/C61H119NO8/c1-3-5-7-9-11-13-15-17-19-21-22-23-24-25-26-27-28-29-30-31-32-33-35-36-38-40-42-44-46-48-50-55(64)54(53-69-61-60(68)59(67)58(66)56(52-63)70-61)62-57(65)51-49-47-45-43-41-39-37-34-20-18-16-14-12-10-8-6-4-2/h48,50,54-56,58-61,63-64,66-68H,3-47,49,51-53H2,1-2H3,(H,62,65)/b50-48+. The largest absolute Gasteiger partial charge is 0.394 e. The van der Waals surface area contributed by atoms with Crippen LogP contribution in [0, 0.1) is 0 Å². The van der Waals surface area contributed by atoms with E-state index in [4.69, 9.17) is 9.47 Å². The Morgan fingerprint density at radius 3 is 1.11 bits per heavy atom. The predicted octanol–water partition coefficient (Wildman–Crippen LogP) is 15.6. The highest BCUT2D eigenvalue weighted by atomic mass is 16.7. The van der Waals surface area contributed by atoms with Gasteiger partial charge in [-0.3, -0.25) is 4.79 Å². The monoisotopic (exact) mass is 994 g/mol. The minimum Gasteiger partial charge on any atom is -0.394 e. The number of aliphatic hydroxyl groups is 5. The molecule has 6 N–H and O–H groups in total. The van der Waals surface area contributed by atoms with Crippen LogP contribution in [-0.2, 0) is 14.3 Å². The Hall–Kier alpha value is -1.07. The normalized spacial score (nSPS) is 19.3. The number of carbonyl (C=O) groups is 1. The molecule has 0 saturated carbocycles. The molecule has 1 aliphatic heterocycles. The molecular formula is C61H119NO8. The van der Waals surface area contributed by atoms with E-state index in [1.807, 2.05) is 6.08 Å². The maximum atomic E-state index is 13.0. The first-order chi connectivity index (χ1) is 34.3. The van der Waals surface area contributed by atoms with Crippen LogP contribution >= 0.6 is 0 Å². The lowest BCUT2D eigenvalue weighted by Gasteiger charge is -2.40. The molecule has 1 amide bonds. The van der Waals surface area contributed by atoms with Crippen LogP contribution in [-0.4, -0.2) is 87.5 Å². The van der Waals surface area contributed by atoms with Gasteiger partial charge in [0.1, 0.15) is 24.4 Å². The van der Waals surface area contributed by atoms with Crippen LogP contribution in [0.3, 0.4) is 0 Å². The first-order valence-electron chi connectivity index (χ1n) is 30.9. The van der Waals surface area contributed by atoms with Crippen molar-refractivity contribution in [3.63, 3.8) is 0 Å². The summed E-state index contributed by atoms with van der Waals surface area (Å²) in [5.74, 6) is -0.170. The number of aliphatic hydroxyl groups excluding tert-OH is 5. The zero-order valence-corrected chi connectivity index (χ0v) is 46.3. The zero-order valence-electron chi connectivity index (χ0n) is 46.3. The van der Waals surface area contributed by atoms with E-state index in [9.17, 15) is 30.3 Å². The predicted molar refractivity (Wildman–Crippen MR) is 295 cm³/mol. The minimum absolute atomic E-state index is 0.170. The van der Waals surface area contributed by atoms with Crippen molar-refractivity contribution in [2.45, 2.75) is 358 Å². The molecule has 1 saturated heterocycles. The second kappa shape index (κ2) is 51.4. The Bertz CT molecular complexity index is 1110. The third kappa shape index (κ3) is 40.3. The average Bonchev–Trinajstić information content (AvgIpc) is 3.36. The van der Waals surface area contributed by atoms with Gasteiger partial charge in [-0.1, -0.05) is 302 Å². The molecular weight excluding hydrogens is 875 g/mol. The topological polar surface area (TPSA) is 149 Å². The molecule has 1 heterocycles. The van der Waals surface area contributed by atoms with Gasteiger partial charge in [-0.05, 0) is 19.3 Å². The number of carbonyl (C=O) groups excluding carboxylic acids is 1. The third-order valence-electron chi connectivity index (χ3n) is 15.1. The maximum absolute atomic E-state index is 13.0. The summed E-state index contributed by atoms with van der Waals surface area (Å²) < 4.78 is 11.3. The molecule has 0 bridgehead atoms. The quantitative estimate of drug-likeness (QED) is 0.0261.